The van der Waals surface area contributed by atoms with Gasteiger partial charge in [0, 0.05) is 22.3 Å². The van der Waals surface area contributed by atoms with E-state index < -0.39 is 11.6 Å². The van der Waals surface area contributed by atoms with E-state index in [2.05, 4.69) is 0 Å². The molecule has 20 heavy (non-hydrogen) atoms. The second-order valence-corrected chi connectivity index (χ2v) is 5.05. The summed E-state index contributed by atoms with van der Waals surface area (Å²) in [5.74, 6) is 4.02. The smallest absolute Gasteiger partial charge is 0.265 e. The third kappa shape index (κ3) is 3.55. The lowest BCUT2D eigenvalue weighted by Gasteiger charge is -2.05. The highest BCUT2D eigenvalue weighted by molar-refractivity contribution is 7.98. The van der Waals surface area contributed by atoms with Gasteiger partial charge in [0.1, 0.15) is 11.6 Å². The van der Waals surface area contributed by atoms with E-state index in [4.69, 9.17) is 5.84 Å². The first kappa shape index (κ1) is 14.5. The van der Waals surface area contributed by atoms with E-state index in [-0.39, 0.29) is 5.91 Å². The summed E-state index contributed by atoms with van der Waals surface area (Å²) in [6.45, 7) is 0. The minimum atomic E-state index is -0.594. The summed E-state index contributed by atoms with van der Waals surface area (Å²) in [6, 6.07) is 10.3. The highest BCUT2D eigenvalue weighted by Crippen LogP contribution is 2.26. The van der Waals surface area contributed by atoms with Crippen LogP contribution in [0.25, 0.3) is 0 Å². The number of hydrazine groups is 1. The maximum atomic E-state index is 13.4. The number of thioether (sulfide) groups is 1. The molecule has 0 bridgehead atoms. The molecule has 0 saturated heterocycles. The number of hydrogen-bond acceptors (Lipinski definition) is 3. The van der Waals surface area contributed by atoms with Crippen LogP contribution in [0.1, 0.15) is 15.9 Å². The molecule has 104 valence electrons. The quantitative estimate of drug-likeness (QED) is 0.394. The average Bonchev–Trinajstić information content (AvgIpc) is 2.46. The van der Waals surface area contributed by atoms with Crippen molar-refractivity contribution in [1.82, 2.24) is 5.43 Å². The molecular weight excluding hydrogens is 282 g/mol. The fraction of sp³-hybridized carbons (Fsp3) is 0.0714. The Morgan fingerprint density at radius 1 is 1.15 bits per heavy atom. The Bertz CT molecular complexity index is 617. The van der Waals surface area contributed by atoms with E-state index >= 15 is 0 Å². The molecule has 0 atom stereocenters. The third-order valence-corrected chi connectivity index (χ3v) is 3.76. The van der Waals surface area contributed by atoms with Crippen molar-refractivity contribution in [3.63, 3.8) is 0 Å². The Hall–Kier alpha value is -1.92. The van der Waals surface area contributed by atoms with Crippen LogP contribution in [0.5, 0.6) is 0 Å². The molecule has 2 aromatic carbocycles. The molecule has 0 spiro atoms. The molecule has 0 aliphatic rings. The van der Waals surface area contributed by atoms with Crippen molar-refractivity contribution in [1.29, 1.82) is 0 Å². The summed E-state index contributed by atoms with van der Waals surface area (Å²) in [4.78, 5) is 11.6. The van der Waals surface area contributed by atoms with E-state index in [1.54, 1.807) is 24.3 Å². The van der Waals surface area contributed by atoms with E-state index in [1.807, 2.05) is 5.43 Å². The molecule has 6 heteroatoms. The second kappa shape index (κ2) is 6.49. The van der Waals surface area contributed by atoms with Crippen LogP contribution in [-0.4, -0.2) is 5.91 Å². The molecule has 3 N–H and O–H groups in total. The molecule has 2 rings (SSSR count). The number of carbonyl (C=O) groups is 1. The predicted octanol–water partition coefficient (Wildman–Crippen LogP) is 2.86. The number of nitrogens with two attached hydrogens (primary N) is 1. The van der Waals surface area contributed by atoms with Crippen LogP contribution >= 0.6 is 11.8 Å². The normalized spacial score (nSPS) is 10.3. The summed E-state index contributed by atoms with van der Waals surface area (Å²) >= 11 is 1.26. The van der Waals surface area contributed by atoms with Crippen LogP contribution in [0.15, 0.2) is 47.4 Å². The minimum absolute atomic E-state index is 0.367. The third-order valence-electron chi connectivity index (χ3n) is 2.64. The zero-order valence-corrected chi connectivity index (χ0v) is 11.2. The highest BCUT2D eigenvalue weighted by atomic mass is 32.2. The number of nitrogens with one attached hydrogen (secondary N) is 1. The molecule has 1 amide bonds. The van der Waals surface area contributed by atoms with Crippen molar-refractivity contribution in [3.8, 4) is 0 Å². The van der Waals surface area contributed by atoms with Gasteiger partial charge in [-0.15, -0.1) is 11.8 Å². The fourth-order valence-corrected chi connectivity index (χ4v) is 2.46. The Morgan fingerprint density at radius 2 is 1.85 bits per heavy atom. The van der Waals surface area contributed by atoms with Crippen LogP contribution in [0.2, 0.25) is 0 Å². The van der Waals surface area contributed by atoms with Crippen molar-refractivity contribution in [2.45, 2.75) is 10.6 Å². The molecule has 0 radical (unpaired) electrons. The van der Waals surface area contributed by atoms with Gasteiger partial charge in [0.05, 0.1) is 0 Å². The Kier molecular flexibility index (Phi) is 4.70. The maximum absolute atomic E-state index is 13.4. The maximum Gasteiger partial charge on any atom is 0.265 e. The number of amides is 1. The van der Waals surface area contributed by atoms with Gasteiger partial charge in [0.25, 0.3) is 5.91 Å². The number of rotatable bonds is 4. The molecule has 0 saturated carbocycles. The molecule has 0 fully saturated rings. The monoisotopic (exact) mass is 294 g/mol. The molecule has 0 aromatic heterocycles. The van der Waals surface area contributed by atoms with Crippen molar-refractivity contribution in [2.24, 2.45) is 5.84 Å². The summed E-state index contributed by atoms with van der Waals surface area (Å²) < 4.78 is 26.2. The second-order valence-electron chi connectivity index (χ2n) is 4.03. The standard InChI is InChI=1S/C14H12F2N2OS/c15-11-5-6-13(12(16)7-11)20-8-9-1-3-10(4-2-9)14(19)18-17/h1-7H,8,17H2,(H,18,19). The number of halogens is 2. The molecule has 2 aromatic rings. The fourth-order valence-electron chi connectivity index (χ4n) is 1.59. The number of nitrogen functional groups attached to an aromatic ring is 1. The molecule has 3 nitrogen and oxygen atoms in total. The Labute approximate surface area is 119 Å². The average molecular weight is 294 g/mol. The van der Waals surface area contributed by atoms with Crippen molar-refractivity contribution >= 4 is 17.7 Å². The summed E-state index contributed by atoms with van der Waals surface area (Å²) in [5.41, 5.74) is 3.42. The number of benzene rings is 2. The lowest BCUT2D eigenvalue weighted by Crippen LogP contribution is -2.29. The lowest BCUT2D eigenvalue weighted by molar-refractivity contribution is 0.0953. The first-order chi connectivity index (χ1) is 9.60. The summed E-state index contributed by atoms with van der Waals surface area (Å²) in [5, 5.41) is 0. The Balaban J connectivity index is 2.02. The van der Waals surface area contributed by atoms with E-state index in [0.717, 1.165) is 11.6 Å². The van der Waals surface area contributed by atoms with Gasteiger partial charge in [-0.3, -0.25) is 10.2 Å². The van der Waals surface area contributed by atoms with E-state index in [0.29, 0.717) is 16.2 Å². The van der Waals surface area contributed by atoms with Crippen LogP contribution in [0.4, 0.5) is 8.78 Å². The summed E-state index contributed by atoms with van der Waals surface area (Å²) in [6.07, 6.45) is 0. The van der Waals surface area contributed by atoms with Gasteiger partial charge in [-0.25, -0.2) is 14.6 Å². The van der Waals surface area contributed by atoms with E-state index in [9.17, 15) is 13.6 Å². The van der Waals surface area contributed by atoms with Crippen molar-refractivity contribution in [2.75, 3.05) is 0 Å². The van der Waals surface area contributed by atoms with Crippen LogP contribution in [0.3, 0.4) is 0 Å². The summed E-state index contributed by atoms with van der Waals surface area (Å²) in [7, 11) is 0. The number of hydrogen-bond donors (Lipinski definition) is 2. The zero-order chi connectivity index (χ0) is 14.5. The SMILES string of the molecule is NNC(=O)c1ccc(CSc2ccc(F)cc2F)cc1. The van der Waals surface area contributed by atoms with E-state index in [1.165, 1.54) is 23.9 Å². The van der Waals surface area contributed by atoms with Crippen molar-refractivity contribution in [3.05, 3.63) is 65.2 Å². The van der Waals surface area contributed by atoms with Crippen LogP contribution < -0.4 is 11.3 Å². The van der Waals surface area contributed by atoms with Gasteiger partial charge >= 0.3 is 0 Å². The van der Waals surface area contributed by atoms with Gasteiger partial charge in [-0.1, -0.05) is 12.1 Å². The van der Waals surface area contributed by atoms with Gasteiger partial charge in [-0.05, 0) is 29.8 Å². The lowest BCUT2D eigenvalue weighted by atomic mass is 10.1. The molecule has 0 aliphatic carbocycles. The molecular formula is C14H12F2N2OS. The molecule has 0 heterocycles. The van der Waals surface area contributed by atoms with Gasteiger partial charge in [-0.2, -0.15) is 0 Å². The zero-order valence-electron chi connectivity index (χ0n) is 10.4. The van der Waals surface area contributed by atoms with Gasteiger partial charge < -0.3 is 0 Å². The van der Waals surface area contributed by atoms with Gasteiger partial charge in [0.15, 0.2) is 0 Å². The minimum Gasteiger partial charge on any atom is -0.290 e. The number of carbonyl (C=O) groups excluding carboxylic acids is 1. The molecule has 0 unspecified atom stereocenters. The highest BCUT2D eigenvalue weighted by Gasteiger charge is 2.06. The largest absolute Gasteiger partial charge is 0.290 e. The predicted molar refractivity (Wildman–Crippen MR) is 74.0 cm³/mol. The topological polar surface area (TPSA) is 55.1 Å². The Morgan fingerprint density at radius 3 is 2.45 bits per heavy atom. The van der Waals surface area contributed by atoms with Gasteiger partial charge in [0.2, 0.25) is 0 Å². The van der Waals surface area contributed by atoms with Crippen molar-refractivity contribution < 1.29 is 13.6 Å². The molecule has 0 aliphatic heterocycles. The first-order valence-electron chi connectivity index (χ1n) is 5.78. The van der Waals surface area contributed by atoms with Crippen LogP contribution in [-0.2, 0) is 5.75 Å². The first-order valence-corrected chi connectivity index (χ1v) is 6.76. The van der Waals surface area contributed by atoms with Crippen LogP contribution in [0, 0.1) is 11.6 Å².